The molecular weight excluding hydrogens is 330 g/mol. The number of rotatable bonds is 8. The van der Waals surface area contributed by atoms with E-state index in [9.17, 15) is 4.79 Å². The maximum atomic E-state index is 12.0. The van der Waals surface area contributed by atoms with Gasteiger partial charge >= 0.3 is 0 Å². The molecule has 0 aliphatic carbocycles. The van der Waals surface area contributed by atoms with Crippen molar-refractivity contribution in [3.8, 4) is 0 Å². The van der Waals surface area contributed by atoms with Gasteiger partial charge in [-0.3, -0.25) is 4.79 Å². The van der Waals surface area contributed by atoms with Crippen molar-refractivity contribution in [3.05, 3.63) is 28.7 Å². The second kappa shape index (κ2) is 9.18. The van der Waals surface area contributed by atoms with E-state index in [0.29, 0.717) is 18.5 Å². The highest BCUT2D eigenvalue weighted by Gasteiger charge is 2.13. The molecule has 1 atom stereocenters. The summed E-state index contributed by atoms with van der Waals surface area (Å²) < 4.78 is 0.957. The molecular formula is C16H26BrN3O. The molecule has 1 aromatic rings. The van der Waals surface area contributed by atoms with Crippen LogP contribution in [0.5, 0.6) is 0 Å². The third kappa shape index (κ3) is 8.19. The summed E-state index contributed by atoms with van der Waals surface area (Å²) in [6.07, 6.45) is 1.06. The van der Waals surface area contributed by atoms with Crippen LogP contribution < -0.4 is 10.6 Å². The second-order valence-corrected chi connectivity index (χ2v) is 6.94. The summed E-state index contributed by atoms with van der Waals surface area (Å²) in [5.41, 5.74) is 0.809. The van der Waals surface area contributed by atoms with Crippen LogP contribution >= 0.6 is 15.9 Å². The molecule has 2 N–H and O–H groups in total. The Hall–Kier alpha value is -0.910. The van der Waals surface area contributed by atoms with Crippen LogP contribution in [0.25, 0.3) is 0 Å². The Morgan fingerprint density at radius 3 is 2.62 bits per heavy atom. The molecule has 0 heterocycles. The van der Waals surface area contributed by atoms with E-state index in [1.165, 1.54) is 0 Å². The fourth-order valence-corrected chi connectivity index (χ4v) is 2.64. The molecule has 0 aliphatic heterocycles. The quantitative estimate of drug-likeness (QED) is 0.753. The zero-order valence-electron chi connectivity index (χ0n) is 13.3. The highest BCUT2D eigenvalue weighted by molar-refractivity contribution is 9.10. The van der Waals surface area contributed by atoms with Crippen molar-refractivity contribution in [2.75, 3.05) is 32.5 Å². The van der Waals surface area contributed by atoms with Crippen molar-refractivity contribution in [3.63, 3.8) is 0 Å². The van der Waals surface area contributed by atoms with Crippen molar-refractivity contribution in [2.24, 2.45) is 5.92 Å². The average Bonchev–Trinajstić information content (AvgIpc) is 2.34. The Balaban J connectivity index is 2.45. The first-order chi connectivity index (χ1) is 9.86. The Morgan fingerprint density at radius 1 is 1.33 bits per heavy atom. The lowest BCUT2D eigenvalue weighted by Crippen LogP contribution is -2.42. The molecule has 0 saturated carbocycles. The number of benzene rings is 1. The lowest BCUT2D eigenvalue weighted by atomic mass is 10.0. The van der Waals surface area contributed by atoms with Gasteiger partial charge in [-0.1, -0.05) is 35.8 Å². The van der Waals surface area contributed by atoms with E-state index in [1.807, 2.05) is 24.3 Å². The highest BCUT2D eigenvalue weighted by atomic mass is 79.9. The normalized spacial score (nSPS) is 12.7. The van der Waals surface area contributed by atoms with E-state index in [1.54, 1.807) is 0 Å². The van der Waals surface area contributed by atoms with Crippen LogP contribution in [-0.2, 0) is 4.79 Å². The summed E-state index contributed by atoms with van der Waals surface area (Å²) in [6, 6.07) is 7.94. The molecule has 21 heavy (non-hydrogen) atoms. The first-order valence-corrected chi connectivity index (χ1v) is 8.09. The molecule has 0 spiro atoms. The number of carbonyl (C=O) groups excluding carboxylic acids is 1. The highest BCUT2D eigenvalue weighted by Crippen LogP contribution is 2.15. The van der Waals surface area contributed by atoms with Gasteiger partial charge in [-0.2, -0.15) is 0 Å². The topological polar surface area (TPSA) is 44.4 Å². The molecule has 0 saturated heterocycles. The van der Waals surface area contributed by atoms with Crippen LogP contribution in [0, 0.1) is 5.92 Å². The predicted octanol–water partition coefficient (Wildman–Crippen LogP) is 2.95. The molecule has 1 aromatic carbocycles. The molecule has 0 radical (unpaired) electrons. The average molecular weight is 356 g/mol. The number of hydrogen-bond acceptors (Lipinski definition) is 3. The van der Waals surface area contributed by atoms with Crippen LogP contribution in [-0.4, -0.2) is 44.0 Å². The summed E-state index contributed by atoms with van der Waals surface area (Å²) in [5, 5.41) is 6.25. The van der Waals surface area contributed by atoms with E-state index < -0.39 is 0 Å². The van der Waals surface area contributed by atoms with Crippen molar-refractivity contribution >= 4 is 27.5 Å². The van der Waals surface area contributed by atoms with Gasteiger partial charge in [-0.25, -0.2) is 0 Å². The number of hydrogen-bond donors (Lipinski definition) is 2. The van der Waals surface area contributed by atoms with Gasteiger partial charge in [-0.05, 0) is 44.6 Å². The molecule has 0 bridgehead atoms. The maximum absolute atomic E-state index is 12.0. The molecule has 5 heteroatoms. The third-order valence-corrected chi connectivity index (χ3v) is 3.49. The standard InChI is InChI=1S/C16H26BrN3O/c1-12(2)8-15(11-20(3)4)18-10-16(21)19-14-7-5-6-13(17)9-14/h5-7,9,12,15,18H,8,10-11H2,1-4H3,(H,19,21). The molecule has 118 valence electrons. The van der Waals surface area contributed by atoms with Crippen LogP contribution in [0.15, 0.2) is 28.7 Å². The second-order valence-electron chi connectivity index (χ2n) is 6.03. The zero-order chi connectivity index (χ0) is 15.8. The van der Waals surface area contributed by atoms with E-state index >= 15 is 0 Å². The largest absolute Gasteiger partial charge is 0.325 e. The summed E-state index contributed by atoms with van der Waals surface area (Å²) in [6.45, 7) is 5.66. The Morgan fingerprint density at radius 2 is 2.05 bits per heavy atom. The van der Waals surface area contributed by atoms with Gasteiger partial charge in [0.1, 0.15) is 0 Å². The zero-order valence-corrected chi connectivity index (χ0v) is 14.9. The first-order valence-electron chi connectivity index (χ1n) is 7.30. The third-order valence-electron chi connectivity index (χ3n) is 3.00. The lowest BCUT2D eigenvalue weighted by molar-refractivity contribution is -0.115. The summed E-state index contributed by atoms with van der Waals surface area (Å²) in [5.74, 6) is 0.594. The van der Waals surface area contributed by atoms with Crippen molar-refractivity contribution in [2.45, 2.75) is 26.3 Å². The van der Waals surface area contributed by atoms with Crippen LogP contribution in [0.4, 0.5) is 5.69 Å². The van der Waals surface area contributed by atoms with Crippen molar-refractivity contribution in [1.82, 2.24) is 10.2 Å². The number of carbonyl (C=O) groups is 1. The molecule has 0 aromatic heterocycles. The fraction of sp³-hybridized carbons (Fsp3) is 0.562. The summed E-state index contributed by atoms with van der Waals surface area (Å²) in [4.78, 5) is 14.1. The minimum absolute atomic E-state index is 0.0133. The summed E-state index contributed by atoms with van der Waals surface area (Å²) in [7, 11) is 4.10. The van der Waals surface area contributed by atoms with E-state index in [2.05, 4.69) is 59.4 Å². The van der Waals surface area contributed by atoms with Crippen molar-refractivity contribution < 1.29 is 4.79 Å². The van der Waals surface area contributed by atoms with Gasteiger partial charge in [0.2, 0.25) is 5.91 Å². The number of halogens is 1. The van der Waals surface area contributed by atoms with E-state index in [0.717, 1.165) is 23.1 Å². The van der Waals surface area contributed by atoms with Gasteiger partial charge in [0.15, 0.2) is 0 Å². The molecule has 1 unspecified atom stereocenters. The molecule has 0 fully saturated rings. The van der Waals surface area contributed by atoms with Crippen LogP contribution in [0.2, 0.25) is 0 Å². The lowest BCUT2D eigenvalue weighted by Gasteiger charge is -2.23. The molecule has 1 amide bonds. The number of nitrogens with zero attached hydrogens (tertiary/aromatic N) is 1. The van der Waals surface area contributed by atoms with Crippen molar-refractivity contribution in [1.29, 1.82) is 0 Å². The minimum atomic E-state index is -0.0133. The van der Waals surface area contributed by atoms with Gasteiger partial charge in [0.05, 0.1) is 6.54 Å². The molecule has 0 aliphatic rings. The van der Waals surface area contributed by atoms with Gasteiger partial charge in [0.25, 0.3) is 0 Å². The van der Waals surface area contributed by atoms with E-state index in [4.69, 9.17) is 0 Å². The number of amides is 1. The first kappa shape index (κ1) is 18.1. The SMILES string of the molecule is CC(C)CC(CN(C)C)NCC(=O)Nc1cccc(Br)c1. The number of anilines is 1. The predicted molar refractivity (Wildman–Crippen MR) is 92.6 cm³/mol. The van der Waals surface area contributed by atoms with Gasteiger partial charge in [-0.15, -0.1) is 0 Å². The number of likely N-dealkylation sites (N-methyl/N-ethyl adjacent to an activating group) is 1. The monoisotopic (exact) mass is 355 g/mol. The fourth-order valence-electron chi connectivity index (χ4n) is 2.24. The smallest absolute Gasteiger partial charge is 0.238 e. The van der Waals surface area contributed by atoms with E-state index in [-0.39, 0.29) is 5.91 Å². The van der Waals surface area contributed by atoms with Gasteiger partial charge < -0.3 is 15.5 Å². The molecule has 1 rings (SSSR count). The minimum Gasteiger partial charge on any atom is -0.325 e. The Labute approximate surface area is 136 Å². The maximum Gasteiger partial charge on any atom is 0.238 e. The Bertz CT molecular complexity index is 439. The Kier molecular flexibility index (Phi) is 7.93. The van der Waals surface area contributed by atoms with Crippen LogP contribution in [0.3, 0.4) is 0 Å². The van der Waals surface area contributed by atoms with Gasteiger partial charge in [0, 0.05) is 22.7 Å². The number of nitrogens with one attached hydrogen (secondary N) is 2. The van der Waals surface area contributed by atoms with Crippen LogP contribution in [0.1, 0.15) is 20.3 Å². The summed E-state index contributed by atoms with van der Waals surface area (Å²) >= 11 is 3.40. The molecule has 4 nitrogen and oxygen atoms in total.